The highest BCUT2D eigenvalue weighted by Gasteiger charge is 2.16. The molecule has 2 aliphatic rings. The number of nitrogens with zero attached hydrogens (tertiary/aromatic N) is 1. The molecule has 0 aromatic rings. The second-order valence-corrected chi connectivity index (χ2v) is 6.96. The minimum Gasteiger partial charge on any atom is -0.338 e. The summed E-state index contributed by atoms with van der Waals surface area (Å²) in [5.41, 5.74) is 0. The van der Waals surface area contributed by atoms with Gasteiger partial charge in [0.1, 0.15) is 0 Å². The van der Waals surface area contributed by atoms with Crippen LogP contribution in [0.5, 0.6) is 0 Å². The van der Waals surface area contributed by atoms with Gasteiger partial charge in [0, 0.05) is 19.1 Å². The zero-order valence-corrected chi connectivity index (χ0v) is 13.7. The summed E-state index contributed by atoms with van der Waals surface area (Å²) in [7, 11) is 0. The molecule has 0 bridgehead atoms. The molecule has 4 nitrogen and oxygen atoms in total. The molecule has 2 rings (SSSR count). The van der Waals surface area contributed by atoms with Crippen LogP contribution in [-0.2, 0) is 0 Å². The molecule has 4 heteroatoms. The second-order valence-electron chi connectivity index (χ2n) is 6.96. The van der Waals surface area contributed by atoms with Gasteiger partial charge in [0.2, 0.25) is 0 Å². The van der Waals surface area contributed by atoms with Gasteiger partial charge in [-0.3, -0.25) is 0 Å². The van der Waals surface area contributed by atoms with Crippen molar-refractivity contribution in [1.29, 1.82) is 0 Å². The Balaban J connectivity index is 1.49. The number of amides is 2. The van der Waals surface area contributed by atoms with Crippen molar-refractivity contribution in [2.24, 2.45) is 5.92 Å². The van der Waals surface area contributed by atoms with Crippen molar-refractivity contribution in [3.63, 3.8) is 0 Å². The molecule has 0 aromatic carbocycles. The summed E-state index contributed by atoms with van der Waals surface area (Å²) in [6, 6.07) is 0.240. The maximum atomic E-state index is 11.9. The van der Waals surface area contributed by atoms with E-state index >= 15 is 0 Å². The van der Waals surface area contributed by atoms with Gasteiger partial charge in [-0.1, -0.05) is 32.1 Å². The highest BCUT2D eigenvalue weighted by molar-refractivity contribution is 5.74. The maximum absolute atomic E-state index is 11.9. The van der Waals surface area contributed by atoms with E-state index in [2.05, 4.69) is 22.5 Å². The lowest BCUT2D eigenvalue weighted by atomic mass is 10.0. The smallest absolute Gasteiger partial charge is 0.315 e. The van der Waals surface area contributed by atoms with E-state index in [1.165, 1.54) is 64.5 Å². The Bertz CT molecular complexity index is 296. The summed E-state index contributed by atoms with van der Waals surface area (Å²) in [5.74, 6) is 0.924. The minimum atomic E-state index is 0.00549. The van der Waals surface area contributed by atoms with Crippen molar-refractivity contribution in [3.05, 3.63) is 0 Å². The van der Waals surface area contributed by atoms with Crippen molar-refractivity contribution in [2.45, 2.75) is 70.8 Å². The van der Waals surface area contributed by atoms with Crippen LogP contribution in [0.3, 0.4) is 0 Å². The lowest BCUT2D eigenvalue weighted by molar-refractivity contribution is 0.203. The van der Waals surface area contributed by atoms with Crippen LogP contribution in [0.1, 0.15) is 64.7 Å². The van der Waals surface area contributed by atoms with E-state index in [9.17, 15) is 4.79 Å². The Morgan fingerprint density at radius 2 is 1.86 bits per heavy atom. The normalized spacial score (nSPS) is 22.1. The molecular weight excluding hydrogens is 262 g/mol. The first-order chi connectivity index (χ1) is 10.2. The SMILES string of the molecule is CC(CN1CCCCC1)NC(=O)NCCCC1CCCC1. The quantitative estimate of drug-likeness (QED) is 0.709. The number of likely N-dealkylation sites (tertiary alicyclic amines) is 1. The summed E-state index contributed by atoms with van der Waals surface area (Å²) in [4.78, 5) is 14.3. The monoisotopic (exact) mass is 295 g/mol. The molecule has 1 atom stereocenters. The van der Waals surface area contributed by atoms with E-state index in [4.69, 9.17) is 0 Å². The van der Waals surface area contributed by atoms with Crippen LogP contribution < -0.4 is 10.6 Å². The van der Waals surface area contributed by atoms with Gasteiger partial charge in [-0.2, -0.15) is 0 Å². The Labute approximate surface area is 130 Å². The summed E-state index contributed by atoms with van der Waals surface area (Å²) in [6.07, 6.45) is 12.0. The fourth-order valence-electron chi connectivity index (χ4n) is 3.74. The van der Waals surface area contributed by atoms with Gasteiger partial charge in [-0.05, 0) is 51.6 Å². The van der Waals surface area contributed by atoms with E-state index in [-0.39, 0.29) is 12.1 Å². The molecule has 1 aliphatic heterocycles. The molecule has 2 amide bonds. The van der Waals surface area contributed by atoms with Crippen LogP contribution in [0.15, 0.2) is 0 Å². The predicted molar refractivity (Wildman–Crippen MR) is 87.5 cm³/mol. The summed E-state index contributed by atoms with van der Waals surface area (Å²) in [5, 5.41) is 6.07. The van der Waals surface area contributed by atoms with Crippen LogP contribution >= 0.6 is 0 Å². The maximum Gasteiger partial charge on any atom is 0.315 e. The zero-order chi connectivity index (χ0) is 14.9. The Kier molecular flexibility index (Phi) is 7.34. The van der Waals surface area contributed by atoms with Gasteiger partial charge >= 0.3 is 6.03 Å². The molecule has 1 saturated carbocycles. The lowest BCUT2D eigenvalue weighted by Gasteiger charge is -2.29. The summed E-state index contributed by atoms with van der Waals surface area (Å²) < 4.78 is 0. The Hall–Kier alpha value is -0.770. The molecule has 2 N–H and O–H groups in total. The standard InChI is InChI=1S/C17H33N3O/c1-15(14-20-12-5-2-6-13-20)19-17(21)18-11-7-10-16-8-3-4-9-16/h15-16H,2-14H2,1H3,(H2,18,19,21). The van der Waals surface area contributed by atoms with Crippen molar-refractivity contribution in [1.82, 2.24) is 15.5 Å². The fourth-order valence-corrected chi connectivity index (χ4v) is 3.74. The molecule has 0 aromatic heterocycles. The van der Waals surface area contributed by atoms with Crippen molar-refractivity contribution in [2.75, 3.05) is 26.2 Å². The van der Waals surface area contributed by atoms with Crippen molar-refractivity contribution >= 4 is 6.03 Å². The third-order valence-electron chi connectivity index (χ3n) is 4.91. The molecule has 0 radical (unpaired) electrons. The van der Waals surface area contributed by atoms with E-state index in [0.29, 0.717) is 0 Å². The lowest BCUT2D eigenvalue weighted by Crippen LogP contribution is -2.47. The third-order valence-corrected chi connectivity index (χ3v) is 4.91. The minimum absolute atomic E-state index is 0.00549. The van der Waals surface area contributed by atoms with E-state index in [1.807, 2.05) is 0 Å². The van der Waals surface area contributed by atoms with Crippen LogP contribution in [0.2, 0.25) is 0 Å². The number of carbonyl (C=O) groups is 1. The molecule has 0 spiro atoms. The van der Waals surface area contributed by atoms with Gasteiger partial charge in [0.15, 0.2) is 0 Å². The van der Waals surface area contributed by atoms with E-state index in [0.717, 1.165) is 25.4 Å². The molecule has 21 heavy (non-hydrogen) atoms. The fraction of sp³-hybridized carbons (Fsp3) is 0.941. The predicted octanol–water partition coefficient (Wildman–Crippen LogP) is 3.13. The molecule has 1 heterocycles. The average Bonchev–Trinajstić information content (AvgIpc) is 2.98. The zero-order valence-electron chi connectivity index (χ0n) is 13.7. The summed E-state index contributed by atoms with van der Waals surface area (Å²) in [6.45, 7) is 6.28. The summed E-state index contributed by atoms with van der Waals surface area (Å²) >= 11 is 0. The number of piperidine rings is 1. The van der Waals surface area contributed by atoms with Gasteiger partial charge in [-0.15, -0.1) is 0 Å². The number of carbonyl (C=O) groups excluding carboxylic acids is 1. The molecule has 1 saturated heterocycles. The number of rotatable bonds is 7. The van der Waals surface area contributed by atoms with Crippen molar-refractivity contribution in [3.8, 4) is 0 Å². The molecular formula is C17H33N3O. The molecule has 122 valence electrons. The highest BCUT2D eigenvalue weighted by atomic mass is 16.2. The van der Waals surface area contributed by atoms with Crippen LogP contribution in [0.25, 0.3) is 0 Å². The number of nitrogens with one attached hydrogen (secondary N) is 2. The number of urea groups is 1. The highest BCUT2D eigenvalue weighted by Crippen LogP contribution is 2.28. The average molecular weight is 295 g/mol. The number of hydrogen-bond acceptors (Lipinski definition) is 2. The van der Waals surface area contributed by atoms with Gasteiger partial charge in [0.25, 0.3) is 0 Å². The van der Waals surface area contributed by atoms with Gasteiger partial charge < -0.3 is 15.5 Å². The van der Waals surface area contributed by atoms with Crippen LogP contribution in [0, 0.1) is 5.92 Å². The number of hydrogen-bond donors (Lipinski definition) is 2. The van der Waals surface area contributed by atoms with Crippen LogP contribution in [0.4, 0.5) is 4.79 Å². The van der Waals surface area contributed by atoms with E-state index in [1.54, 1.807) is 0 Å². The largest absolute Gasteiger partial charge is 0.338 e. The van der Waals surface area contributed by atoms with E-state index < -0.39 is 0 Å². The first kappa shape index (κ1) is 16.6. The topological polar surface area (TPSA) is 44.4 Å². The Morgan fingerprint density at radius 3 is 2.57 bits per heavy atom. The third kappa shape index (κ3) is 6.68. The Morgan fingerprint density at radius 1 is 1.14 bits per heavy atom. The first-order valence-corrected chi connectivity index (χ1v) is 9.01. The molecule has 2 fully saturated rings. The molecule has 1 aliphatic carbocycles. The van der Waals surface area contributed by atoms with Gasteiger partial charge in [-0.25, -0.2) is 4.79 Å². The second kappa shape index (κ2) is 9.29. The van der Waals surface area contributed by atoms with Crippen molar-refractivity contribution < 1.29 is 4.79 Å². The first-order valence-electron chi connectivity index (χ1n) is 9.01. The molecule has 1 unspecified atom stereocenters. The van der Waals surface area contributed by atoms with Gasteiger partial charge in [0.05, 0.1) is 0 Å². The van der Waals surface area contributed by atoms with Crippen LogP contribution in [-0.4, -0.2) is 43.2 Å².